The third kappa shape index (κ3) is 6.28. The van der Waals surface area contributed by atoms with Gasteiger partial charge in [0, 0.05) is 5.56 Å². The minimum atomic E-state index is -0.454. The molecule has 0 atom stereocenters. The second-order valence-corrected chi connectivity index (χ2v) is 6.77. The van der Waals surface area contributed by atoms with Crippen molar-refractivity contribution in [3.8, 4) is 11.5 Å². The van der Waals surface area contributed by atoms with E-state index in [4.69, 9.17) is 21.7 Å². The van der Waals surface area contributed by atoms with E-state index >= 15 is 0 Å². The summed E-state index contributed by atoms with van der Waals surface area (Å²) in [6, 6.07) is 23.0. The number of hydrogen-bond donors (Lipinski definition) is 3. The number of ether oxygens (including phenoxy) is 2. The maximum atomic E-state index is 12.6. The quantitative estimate of drug-likeness (QED) is 0.407. The molecule has 0 saturated carbocycles. The first-order valence-corrected chi connectivity index (χ1v) is 9.79. The number of carbonyl (C=O) groups excluding carboxylic acids is 2. The third-order valence-electron chi connectivity index (χ3n) is 4.24. The summed E-state index contributed by atoms with van der Waals surface area (Å²) in [4.78, 5) is 24.8. The molecule has 0 aliphatic rings. The number of amides is 2. The van der Waals surface area contributed by atoms with Gasteiger partial charge in [0.15, 0.2) is 5.11 Å². The van der Waals surface area contributed by atoms with Gasteiger partial charge in [0.1, 0.15) is 18.1 Å². The van der Waals surface area contributed by atoms with E-state index in [2.05, 4.69) is 16.2 Å². The minimum Gasteiger partial charge on any atom is -0.497 e. The lowest BCUT2D eigenvalue weighted by Crippen LogP contribution is -2.48. The Hall–Kier alpha value is -3.91. The second-order valence-electron chi connectivity index (χ2n) is 6.36. The summed E-state index contributed by atoms with van der Waals surface area (Å²) in [5.74, 6) is 0.196. The van der Waals surface area contributed by atoms with Crippen molar-refractivity contribution < 1.29 is 19.1 Å². The molecule has 0 aromatic heterocycles. The van der Waals surface area contributed by atoms with Gasteiger partial charge in [-0.3, -0.25) is 25.8 Å². The first kappa shape index (κ1) is 21.8. The zero-order valence-electron chi connectivity index (χ0n) is 16.8. The molecule has 3 aromatic carbocycles. The number of rotatable bonds is 6. The predicted molar refractivity (Wildman–Crippen MR) is 121 cm³/mol. The van der Waals surface area contributed by atoms with Crippen molar-refractivity contribution in [2.75, 3.05) is 7.11 Å². The maximum Gasteiger partial charge on any atom is 0.273 e. The highest BCUT2D eigenvalue weighted by Gasteiger charge is 2.13. The summed E-state index contributed by atoms with van der Waals surface area (Å²) >= 11 is 5.08. The first-order valence-electron chi connectivity index (χ1n) is 9.38. The van der Waals surface area contributed by atoms with E-state index in [1.54, 1.807) is 55.6 Å². The molecule has 31 heavy (non-hydrogen) atoms. The maximum absolute atomic E-state index is 12.6. The van der Waals surface area contributed by atoms with Crippen LogP contribution in [0.5, 0.6) is 11.5 Å². The van der Waals surface area contributed by atoms with Crippen LogP contribution in [0.2, 0.25) is 0 Å². The summed E-state index contributed by atoms with van der Waals surface area (Å²) < 4.78 is 10.9. The Balaban J connectivity index is 1.54. The lowest BCUT2D eigenvalue weighted by molar-refractivity contribution is 0.0930. The summed E-state index contributed by atoms with van der Waals surface area (Å²) in [6.07, 6.45) is 0. The van der Waals surface area contributed by atoms with Crippen molar-refractivity contribution in [3.05, 3.63) is 95.6 Å². The van der Waals surface area contributed by atoms with Crippen molar-refractivity contribution in [2.24, 2.45) is 0 Å². The Morgan fingerprint density at radius 1 is 0.839 bits per heavy atom. The van der Waals surface area contributed by atoms with Crippen LogP contribution in [0, 0.1) is 0 Å². The van der Waals surface area contributed by atoms with Gasteiger partial charge >= 0.3 is 0 Å². The molecule has 0 saturated heterocycles. The van der Waals surface area contributed by atoms with Gasteiger partial charge < -0.3 is 9.47 Å². The number of benzene rings is 3. The number of hydrogen-bond acceptors (Lipinski definition) is 5. The number of methoxy groups -OCH3 is 1. The average Bonchev–Trinajstić information content (AvgIpc) is 2.82. The Morgan fingerprint density at radius 3 is 2.23 bits per heavy atom. The molecule has 3 rings (SSSR count). The summed E-state index contributed by atoms with van der Waals surface area (Å²) in [6.45, 7) is 0.328. The van der Waals surface area contributed by atoms with E-state index in [9.17, 15) is 9.59 Å². The van der Waals surface area contributed by atoms with Gasteiger partial charge in [0.2, 0.25) is 0 Å². The third-order valence-corrected chi connectivity index (χ3v) is 4.44. The Bertz CT molecular complexity index is 1060. The SMILES string of the molecule is COc1ccc(C(=O)NC(=S)NNC(=O)c2ccccc2OCc2ccccc2)cc1. The fourth-order valence-corrected chi connectivity index (χ4v) is 2.79. The number of para-hydroxylation sites is 1. The van der Waals surface area contributed by atoms with Crippen LogP contribution in [-0.2, 0) is 6.61 Å². The largest absolute Gasteiger partial charge is 0.497 e. The van der Waals surface area contributed by atoms with Crippen molar-refractivity contribution >= 4 is 29.1 Å². The summed E-state index contributed by atoms with van der Waals surface area (Å²) in [5.41, 5.74) is 6.70. The highest BCUT2D eigenvalue weighted by atomic mass is 32.1. The zero-order chi connectivity index (χ0) is 22.1. The molecule has 3 N–H and O–H groups in total. The van der Waals surface area contributed by atoms with E-state index in [0.717, 1.165) is 5.56 Å². The molecule has 0 radical (unpaired) electrons. The van der Waals surface area contributed by atoms with Crippen LogP contribution in [0.25, 0.3) is 0 Å². The molecule has 3 aromatic rings. The molecule has 8 heteroatoms. The molecule has 158 valence electrons. The van der Waals surface area contributed by atoms with E-state index < -0.39 is 11.8 Å². The molecule has 2 amide bonds. The average molecular weight is 436 g/mol. The molecule has 7 nitrogen and oxygen atoms in total. The van der Waals surface area contributed by atoms with Crippen LogP contribution >= 0.6 is 12.2 Å². The van der Waals surface area contributed by atoms with E-state index in [0.29, 0.717) is 29.2 Å². The fraction of sp³-hybridized carbons (Fsp3) is 0.0870. The normalized spacial score (nSPS) is 9.97. The van der Waals surface area contributed by atoms with E-state index in [1.165, 1.54) is 0 Å². The Labute approximate surface area is 185 Å². The van der Waals surface area contributed by atoms with Crippen LogP contribution in [0.15, 0.2) is 78.9 Å². The monoisotopic (exact) mass is 435 g/mol. The van der Waals surface area contributed by atoms with Crippen molar-refractivity contribution in [1.82, 2.24) is 16.2 Å². The van der Waals surface area contributed by atoms with Gasteiger partial charge in [0.25, 0.3) is 11.8 Å². The molecule has 0 fully saturated rings. The summed E-state index contributed by atoms with van der Waals surface area (Å²) in [7, 11) is 1.54. The van der Waals surface area contributed by atoms with Crippen molar-refractivity contribution in [1.29, 1.82) is 0 Å². The second kappa shape index (κ2) is 10.7. The minimum absolute atomic E-state index is 0.0446. The molecule has 0 aliphatic heterocycles. The van der Waals surface area contributed by atoms with Gasteiger partial charge in [-0.25, -0.2) is 0 Å². The predicted octanol–water partition coefficient (Wildman–Crippen LogP) is 3.22. The van der Waals surface area contributed by atoms with Gasteiger partial charge in [-0.05, 0) is 54.2 Å². The highest BCUT2D eigenvalue weighted by molar-refractivity contribution is 7.80. The van der Waals surface area contributed by atoms with Crippen molar-refractivity contribution in [2.45, 2.75) is 6.61 Å². The van der Waals surface area contributed by atoms with E-state index in [-0.39, 0.29) is 5.11 Å². The first-order chi connectivity index (χ1) is 15.1. The van der Waals surface area contributed by atoms with Gasteiger partial charge in [-0.2, -0.15) is 0 Å². The lowest BCUT2D eigenvalue weighted by Gasteiger charge is -2.14. The molecule has 0 aliphatic carbocycles. The van der Waals surface area contributed by atoms with Gasteiger partial charge in [-0.1, -0.05) is 42.5 Å². The van der Waals surface area contributed by atoms with E-state index in [1.807, 2.05) is 30.3 Å². The number of thiocarbonyl (C=S) groups is 1. The number of nitrogens with one attached hydrogen (secondary N) is 3. The van der Waals surface area contributed by atoms with Crippen LogP contribution < -0.4 is 25.6 Å². The molecule has 0 unspecified atom stereocenters. The lowest BCUT2D eigenvalue weighted by atomic mass is 10.2. The van der Waals surface area contributed by atoms with Crippen LogP contribution in [-0.4, -0.2) is 24.0 Å². The Kier molecular flexibility index (Phi) is 7.56. The molecule has 0 bridgehead atoms. The molecular formula is C23H21N3O4S. The highest BCUT2D eigenvalue weighted by Crippen LogP contribution is 2.19. The topological polar surface area (TPSA) is 88.7 Å². The van der Waals surface area contributed by atoms with Crippen LogP contribution in [0.3, 0.4) is 0 Å². The summed E-state index contributed by atoms with van der Waals surface area (Å²) in [5, 5.41) is 2.45. The van der Waals surface area contributed by atoms with Gasteiger partial charge in [-0.15, -0.1) is 0 Å². The van der Waals surface area contributed by atoms with Gasteiger partial charge in [0.05, 0.1) is 12.7 Å². The smallest absolute Gasteiger partial charge is 0.273 e. The number of carbonyl (C=O) groups is 2. The number of hydrazine groups is 1. The van der Waals surface area contributed by atoms with Crippen LogP contribution in [0.4, 0.5) is 0 Å². The van der Waals surface area contributed by atoms with Crippen LogP contribution in [0.1, 0.15) is 26.3 Å². The molecule has 0 heterocycles. The molecular weight excluding hydrogens is 414 g/mol. The van der Waals surface area contributed by atoms with Crippen molar-refractivity contribution in [3.63, 3.8) is 0 Å². The standard InChI is InChI=1S/C23H21N3O4S/c1-29-18-13-11-17(12-14-18)21(27)24-23(31)26-25-22(28)19-9-5-6-10-20(19)30-15-16-7-3-2-4-8-16/h2-14H,15H2,1H3,(H,25,28)(H2,24,26,27,31). The molecule has 0 spiro atoms. The fourth-order valence-electron chi connectivity index (χ4n) is 2.65. The zero-order valence-corrected chi connectivity index (χ0v) is 17.6. The Morgan fingerprint density at radius 2 is 1.52 bits per heavy atom.